The maximum absolute atomic E-state index is 6.78. The third-order valence-electron chi connectivity index (χ3n) is 11.0. The Bertz CT molecular complexity index is 3430. The molecular weight excluding hydrogens is 679 g/mol. The van der Waals surface area contributed by atoms with Crippen molar-refractivity contribution in [2.75, 3.05) is 0 Å². The molecule has 0 radical (unpaired) electrons. The molecule has 4 heterocycles. The molecule has 0 bridgehead atoms. The quantitative estimate of drug-likeness (QED) is 0.198. The lowest BCUT2D eigenvalue weighted by molar-refractivity contribution is 0.628. The molecule has 1 aliphatic heterocycles. The predicted molar refractivity (Wildman–Crippen MR) is 223 cm³/mol. The lowest BCUT2D eigenvalue weighted by atomic mass is 9.96. The van der Waals surface area contributed by atoms with Gasteiger partial charge >= 0.3 is 0 Å². The fraction of sp³-hybridized carbons (Fsp3) is 0.0204. The van der Waals surface area contributed by atoms with Crippen molar-refractivity contribution in [2.45, 2.75) is 6.17 Å². The molecule has 11 aromatic rings. The average Bonchev–Trinajstić information content (AvgIpc) is 3.95. The second-order valence-electron chi connectivity index (χ2n) is 14.1. The second-order valence-corrected chi connectivity index (χ2v) is 14.1. The number of para-hydroxylation sites is 5. The zero-order chi connectivity index (χ0) is 36.0. The molecule has 0 amide bonds. The van der Waals surface area contributed by atoms with Crippen LogP contribution in [0, 0.1) is 0 Å². The first-order valence-corrected chi connectivity index (χ1v) is 18.4. The molecule has 8 aromatic carbocycles. The largest absolute Gasteiger partial charge is 0.456 e. The monoisotopic (exact) mass is 707 g/mol. The maximum Gasteiger partial charge on any atom is 0.160 e. The van der Waals surface area contributed by atoms with Gasteiger partial charge in [-0.3, -0.25) is 0 Å². The minimum Gasteiger partial charge on any atom is -0.456 e. The van der Waals surface area contributed by atoms with Gasteiger partial charge < -0.3 is 18.6 Å². The number of fused-ring (bicyclic) bond motifs is 10. The van der Waals surface area contributed by atoms with Crippen molar-refractivity contribution in [1.29, 1.82) is 0 Å². The van der Waals surface area contributed by atoms with Gasteiger partial charge in [0.25, 0.3) is 0 Å². The number of nitrogens with zero attached hydrogens (tertiary/aromatic N) is 2. The van der Waals surface area contributed by atoms with Gasteiger partial charge in [0.15, 0.2) is 12.0 Å². The third kappa shape index (κ3) is 4.55. The predicted octanol–water partition coefficient (Wildman–Crippen LogP) is 12.7. The van der Waals surface area contributed by atoms with Crippen molar-refractivity contribution in [1.82, 2.24) is 5.32 Å². The van der Waals surface area contributed by atoms with Gasteiger partial charge in [-0.25, -0.2) is 9.98 Å². The zero-order valence-corrected chi connectivity index (χ0v) is 29.3. The maximum atomic E-state index is 6.78. The number of hydrogen-bond acceptors (Lipinski definition) is 6. The van der Waals surface area contributed by atoms with E-state index in [9.17, 15) is 0 Å². The Morgan fingerprint density at radius 3 is 1.82 bits per heavy atom. The number of amidine groups is 2. The second kappa shape index (κ2) is 11.5. The van der Waals surface area contributed by atoms with Crippen LogP contribution in [0.15, 0.2) is 187 Å². The van der Waals surface area contributed by atoms with E-state index >= 15 is 0 Å². The summed E-state index contributed by atoms with van der Waals surface area (Å²) in [5, 5.41) is 12.2. The van der Waals surface area contributed by atoms with E-state index in [0.29, 0.717) is 5.84 Å². The molecule has 0 saturated carbocycles. The van der Waals surface area contributed by atoms with Crippen LogP contribution in [0.4, 0.5) is 0 Å². The summed E-state index contributed by atoms with van der Waals surface area (Å²) in [5.41, 5.74) is 9.55. The fourth-order valence-corrected chi connectivity index (χ4v) is 8.38. The Hall–Kier alpha value is -7.44. The topological polar surface area (TPSA) is 76.2 Å². The van der Waals surface area contributed by atoms with Crippen LogP contribution in [0.1, 0.15) is 22.9 Å². The first kappa shape index (κ1) is 30.1. The molecule has 0 fully saturated rings. The molecule has 1 aliphatic rings. The molecule has 1 atom stereocenters. The number of hydrogen-bond donors (Lipinski definition) is 1. The van der Waals surface area contributed by atoms with Crippen molar-refractivity contribution in [3.63, 3.8) is 0 Å². The van der Waals surface area contributed by atoms with E-state index in [0.717, 1.165) is 105 Å². The summed E-state index contributed by atoms with van der Waals surface area (Å²) in [6.07, 6.45) is -0.490. The van der Waals surface area contributed by atoms with E-state index < -0.39 is 6.17 Å². The van der Waals surface area contributed by atoms with Gasteiger partial charge in [0.05, 0.1) is 0 Å². The van der Waals surface area contributed by atoms with Crippen molar-refractivity contribution >= 4 is 88.3 Å². The Morgan fingerprint density at radius 2 is 1.02 bits per heavy atom. The zero-order valence-electron chi connectivity index (χ0n) is 29.3. The van der Waals surface area contributed by atoms with E-state index in [2.05, 4.69) is 115 Å². The van der Waals surface area contributed by atoms with Crippen LogP contribution in [0.3, 0.4) is 0 Å². The van der Waals surface area contributed by atoms with Crippen LogP contribution in [0.2, 0.25) is 0 Å². The van der Waals surface area contributed by atoms with E-state index in [1.165, 1.54) is 5.39 Å². The van der Waals surface area contributed by atoms with Gasteiger partial charge in [0, 0.05) is 60.1 Å². The fourth-order valence-electron chi connectivity index (χ4n) is 8.38. The highest BCUT2D eigenvalue weighted by Crippen LogP contribution is 2.43. The summed E-state index contributed by atoms with van der Waals surface area (Å²) < 4.78 is 19.8. The SMILES string of the molecule is c1ccc2cc(C3=NC(c4ccc(-c5cccc6c5oc5ccccc56)c5oc6ccccc6c45)=NC(c4cccc5c4oc4ccccc45)N3)ccc2c1. The number of benzene rings is 8. The normalized spacial score (nSPS) is 14.7. The van der Waals surface area contributed by atoms with E-state index in [1.807, 2.05) is 54.6 Å². The van der Waals surface area contributed by atoms with Crippen molar-refractivity contribution in [3.05, 3.63) is 180 Å². The number of furan rings is 3. The van der Waals surface area contributed by atoms with Gasteiger partial charge in [-0.15, -0.1) is 0 Å². The first-order chi connectivity index (χ1) is 27.2. The molecule has 0 aliphatic carbocycles. The molecular formula is C49H29N3O3. The van der Waals surface area contributed by atoms with Gasteiger partial charge in [-0.1, -0.05) is 127 Å². The van der Waals surface area contributed by atoms with E-state index in [1.54, 1.807) is 0 Å². The van der Waals surface area contributed by atoms with E-state index in [-0.39, 0.29) is 0 Å². The Balaban J connectivity index is 1.11. The molecule has 3 aromatic heterocycles. The van der Waals surface area contributed by atoms with Crippen LogP contribution in [-0.4, -0.2) is 11.7 Å². The van der Waals surface area contributed by atoms with Crippen LogP contribution in [0.5, 0.6) is 0 Å². The van der Waals surface area contributed by atoms with Crippen LogP contribution in [0.25, 0.3) is 87.7 Å². The molecule has 1 N–H and O–H groups in total. The van der Waals surface area contributed by atoms with Crippen LogP contribution in [-0.2, 0) is 0 Å². The highest BCUT2D eigenvalue weighted by molar-refractivity contribution is 6.25. The molecule has 258 valence electrons. The molecule has 0 saturated heterocycles. The van der Waals surface area contributed by atoms with Crippen LogP contribution >= 0.6 is 0 Å². The molecule has 12 rings (SSSR count). The summed E-state index contributed by atoms with van der Waals surface area (Å²) in [4.78, 5) is 10.7. The lowest BCUT2D eigenvalue weighted by Gasteiger charge is -2.24. The summed E-state index contributed by atoms with van der Waals surface area (Å²) in [6.45, 7) is 0. The third-order valence-corrected chi connectivity index (χ3v) is 11.0. The Morgan fingerprint density at radius 1 is 0.436 bits per heavy atom. The molecule has 55 heavy (non-hydrogen) atoms. The number of aliphatic imine (C=N–C) groups is 2. The van der Waals surface area contributed by atoms with Crippen molar-refractivity contribution in [3.8, 4) is 11.1 Å². The average molecular weight is 708 g/mol. The number of rotatable bonds is 4. The Kier molecular flexibility index (Phi) is 6.30. The van der Waals surface area contributed by atoms with Gasteiger partial charge in [-0.05, 0) is 47.2 Å². The van der Waals surface area contributed by atoms with Gasteiger partial charge in [0.2, 0.25) is 0 Å². The van der Waals surface area contributed by atoms with Crippen molar-refractivity contribution < 1.29 is 13.3 Å². The molecule has 6 nitrogen and oxygen atoms in total. The summed E-state index contributed by atoms with van der Waals surface area (Å²) in [7, 11) is 0. The molecule has 0 spiro atoms. The lowest BCUT2D eigenvalue weighted by Crippen LogP contribution is -2.33. The summed E-state index contributed by atoms with van der Waals surface area (Å²) >= 11 is 0. The van der Waals surface area contributed by atoms with Crippen molar-refractivity contribution in [2.24, 2.45) is 9.98 Å². The number of nitrogens with one attached hydrogen (secondary N) is 1. The molecule has 1 unspecified atom stereocenters. The summed E-state index contributed by atoms with van der Waals surface area (Å²) in [6, 6.07) is 56.2. The smallest absolute Gasteiger partial charge is 0.160 e. The standard InChI is InChI=1S/C49H29N3O3/c1-2-12-29-27-30(24-23-28(29)11-1)47-50-48(52-49(51-47)39-19-10-17-34-32-14-4-7-21-41(32)54-45(34)39)38-26-25-36(46-43(38)37-15-5-8-22-42(37)55-46)35-18-9-16-33-31-13-3-6-20-40(31)53-44(33)35/h1-27,49H,(H,50,51,52). The first-order valence-electron chi connectivity index (χ1n) is 18.4. The highest BCUT2D eigenvalue weighted by atomic mass is 16.3. The van der Waals surface area contributed by atoms with Crippen LogP contribution < -0.4 is 5.32 Å². The van der Waals surface area contributed by atoms with Gasteiger partial charge in [-0.2, -0.15) is 0 Å². The van der Waals surface area contributed by atoms with E-state index in [4.69, 9.17) is 23.2 Å². The van der Waals surface area contributed by atoms with Gasteiger partial charge in [0.1, 0.15) is 39.3 Å². The minimum atomic E-state index is -0.490. The summed E-state index contributed by atoms with van der Waals surface area (Å²) in [5.74, 6) is 1.33. The minimum absolute atomic E-state index is 0.490. The highest BCUT2D eigenvalue weighted by Gasteiger charge is 2.28. The molecule has 6 heteroatoms. The Labute approximate surface area is 313 Å².